The molecule has 0 aliphatic rings. The van der Waals surface area contributed by atoms with E-state index in [9.17, 15) is 4.79 Å². The van der Waals surface area contributed by atoms with E-state index in [1.54, 1.807) is 0 Å². The van der Waals surface area contributed by atoms with Gasteiger partial charge in [0.15, 0.2) is 5.69 Å². The zero-order valence-corrected chi connectivity index (χ0v) is 13.1. The molecule has 1 aromatic carbocycles. The van der Waals surface area contributed by atoms with Crippen molar-refractivity contribution in [3.8, 4) is 0 Å². The maximum Gasteiger partial charge on any atom is 0.273 e. The van der Waals surface area contributed by atoms with Gasteiger partial charge in [-0.05, 0) is 24.3 Å². The lowest BCUT2D eigenvalue weighted by Gasteiger charge is -2.09. The van der Waals surface area contributed by atoms with Gasteiger partial charge in [0.05, 0.1) is 6.04 Å². The lowest BCUT2D eigenvalue weighted by Crippen LogP contribution is -2.26. The summed E-state index contributed by atoms with van der Waals surface area (Å²) >= 11 is 0. The second-order valence-electron chi connectivity index (χ2n) is 5.80. The molecule has 1 amide bonds. The van der Waals surface area contributed by atoms with Gasteiger partial charge < -0.3 is 15.5 Å². The van der Waals surface area contributed by atoms with Gasteiger partial charge in [0.25, 0.3) is 5.91 Å². The highest BCUT2D eigenvalue weighted by Gasteiger charge is 2.17. The van der Waals surface area contributed by atoms with Crippen LogP contribution in [-0.2, 0) is 6.42 Å². The lowest BCUT2D eigenvalue weighted by atomic mass is 10.0. The zero-order chi connectivity index (χ0) is 15.9. The summed E-state index contributed by atoms with van der Waals surface area (Å²) in [4.78, 5) is 16.2. The number of nitrogens with zero attached hydrogens (tertiary/aromatic N) is 1. The first-order chi connectivity index (χ1) is 10.6. The average molecular weight is 301 g/mol. The van der Waals surface area contributed by atoms with Crippen molar-refractivity contribution in [2.24, 2.45) is 11.7 Å². The minimum Gasteiger partial charge on any atom is -0.446 e. The molecule has 0 radical (unpaired) electrons. The van der Waals surface area contributed by atoms with Gasteiger partial charge in [-0.1, -0.05) is 44.2 Å². The first kappa shape index (κ1) is 16.2. The van der Waals surface area contributed by atoms with E-state index >= 15 is 0 Å². The number of carbonyl (C=O) groups excluding carboxylic acids is 1. The number of aromatic nitrogens is 1. The molecule has 2 rings (SSSR count). The van der Waals surface area contributed by atoms with Gasteiger partial charge in [0.1, 0.15) is 6.26 Å². The highest BCUT2D eigenvalue weighted by molar-refractivity contribution is 5.91. The number of hydrogen-bond acceptors (Lipinski definition) is 4. The van der Waals surface area contributed by atoms with E-state index in [1.807, 2.05) is 30.3 Å². The molecule has 1 aromatic heterocycles. The van der Waals surface area contributed by atoms with Crippen LogP contribution in [0.15, 0.2) is 41.0 Å². The van der Waals surface area contributed by atoms with Crippen molar-refractivity contribution >= 4 is 5.91 Å². The van der Waals surface area contributed by atoms with E-state index in [4.69, 9.17) is 10.2 Å². The Kier molecular flexibility index (Phi) is 5.72. The summed E-state index contributed by atoms with van der Waals surface area (Å²) in [5, 5.41) is 2.84. The molecular formula is C17H23N3O2. The fourth-order valence-electron chi connectivity index (χ4n) is 2.23. The maximum atomic E-state index is 12.0. The smallest absolute Gasteiger partial charge is 0.273 e. The van der Waals surface area contributed by atoms with Crippen molar-refractivity contribution < 1.29 is 9.21 Å². The highest BCUT2D eigenvalue weighted by Crippen LogP contribution is 2.18. The Balaban J connectivity index is 1.84. The summed E-state index contributed by atoms with van der Waals surface area (Å²) in [5.74, 6) is 0.634. The molecule has 1 atom stereocenters. The molecule has 2 aromatic rings. The van der Waals surface area contributed by atoms with Crippen LogP contribution in [0.4, 0.5) is 0 Å². The highest BCUT2D eigenvalue weighted by atomic mass is 16.3. The number of hydrogen-bond donors (Lipinski definition) is 2. The molecule has 1 unspecified atom stereocenters. The third kappa shape index (κ3) is 4.70. The molecule has 3 N–H and O–H groups in total. The van der Waals surface area contributed by atoms with Gasteiger partial charge in [-0.3, -0.25) is 4.79 Å². The van der Waals surface area contributed by atoms with Crippen LogP contribution in [0.5, 0.6) is 0 Å². The van der Waals surface area contributed by atoms with Crippen molar-refractivity contribution in [3.05, 3.63) is 53.7 Å². The van der Waals surface area contributed by atoms with Crippen molar-refractivity contribution in [1.82, 2.24) is 10.3 Å². The third-order valence-corrected chi connectivity index (χ3v) is 3.34. The molecule has 5 nitrogen and oxygen atoms in total. The van der Waals surface area contributed by atoms with Gasteiger partial charge in [-0.25, -0.2) is 4.98 Å². The maximum absolute atomic E-state index is 12.0. The summed E-state index contributed by atoms with van der Waals surface area (Å²) in [6.45, 7) is 4.73. The Bertz CT molecular complexity index is 593. The SMILES string of the molecule is CC(C)CC(N)c1nc(C(=O)NCCc2ccccc2)co1. The van der Waals surface area contributed by atoms with Crippen molar-refractivity contribution in [3.63, 3.8) is 0 Å². The molecule has 0 saturated carbocycles. The quantitative estimate of drug-likeness (QED) is 0.824. The first-order valence-electron chi connectivity index (χ1n) is 7.59. The summed E-state index contributed by atoms with van der Waals surface area (Å²) in [6.07, 6.45) is 2.92. The number of nitrogens with two attached hydrogens (primary N) is 1. The van der Waals surface area contributed by atoms with Crippen molar-refractivity contribution in [1.29, 1.82) is 0 Å². The molecule has 0 saturated heterocycles. The molecule has 118 valence electrons. The van der Waals surface area contributed by atoms with E-state index in [-0.39, 0.29) is 17.6 Å². The number of rotatable bonds is 7. The lowest BCUT2D eigenvalue weighted by molar-refractivity contribution is 0.0949. The fourth-order valence-corrected chi connectivity index (χ4v) is 2.23. The van der Waals surface area contributed by atoms with Crippen LogP contribution >= 0.6 is 0 Å². The van der Waals surface area contributed by atoms with Gasteiger partial charge in [0.2, 0.25) is 5.89 Å². The number of carbonyl (C=O) groups is 1. The van der Waals surface area contributed by atoms with Crippen molar-refractivity contribution in [2.45, 2.75) is 32.7 Å². The zero-order valence-electron chi connectivity index (χ0n) is 13.1. The predicted octanol–water partition coefficient (Wildman–Crippen LogP) is 2.69. The van der Waals surface area contributed by atoms with Crippen molar-refractivity contribution in [2.75, 3.05) is 6.54 Å². The molecule has 0 spiro atoms. The second kappa shape index (κ2) is 7.75. The minimum absolute atomic E-state index is 0.234. The van der Waals surface area contributed by atoms with Crippen LogP contribution in [0.3, 0.4) is 0 Å². The Morgan fingerprint density at radius 3 is 2.73 bits per heavy atom. The van der Waals surface area contributed by atoms with Gasteiger partial charge >= 0.3 is 0 Å². The Labute approximate surface area is 130 Å². The van der Waals surface area contributed by atoms with Gasteiger partial charge in [-0.15, -0.1) is 0 Å². The summed E-state index contributed by atoms with van der Waals surface area (Å²) in [6, 6.07) is 9.73. The molecule has 22 heavy (non-hydrogen) atoms. The topological polar surface area (TPSA) is 81.1 Å². The number of oxazole rings is 1. The Hall–Kier alpha value is -2.14. The Morgan fingerprint density at radius 2 is 2.05 bits per heavy atom. The van der Waals surface area contributed by atoms with E-state index in [0.717, 1.165) is 12.8 Å². The van der Waals surface area contributed by atoms with E-state index < -0.39 is 0 Å². The molecule has 0 fully saturated rings. The normalized spacial score (nSPS) is 12.4. The number of amides is 1. The van der Waals surface area contributed by atoms with Crippen LogP contribution in [0.1, 0.15) is 48.3 Å². The first-order valence-corrected chi connectivity index (χ1v) is 7.59. The second-order valence-corrected chi connectivity index (χ2v) is 5.80. The molecule has 5 heteroatoms. The number of benzene rings is 1. The van der Waals surface area contributed by atoms with E-state index in [0.29, 0.717) is 18.4 Å². The molecular weight excluding hydrogens is 278 g/mol. The van der Waals surface area contributed by atoms with Crippen LogP contribution in [0.25, 0.3) is 0 Å². The molecule has 1 heterocycles. The summed E-state index contributed by atoms with van der Waals surface area (Å²) in [7, 11) is 0. The third-order valence-electron chi connectivity index (χ3n) is 3.34. The standard InChI is InChI=1S/C17H23N3O2/c1-12(2)10-14(18)17-20-15(11-22-17)16(21)19-9-8-13-6-4-3-5-7-13/h3-7,11-12,14H,8-10,18H2,1-2H3,(H,19,21). The van der Waals surface area contributed by atoms with E-state index in [2.05, 4.69) is 24.1 Å². The Morgan fingerprint density at radius 1 is 1.32 bits per heavy atom. The van der Waals surface area contributed by atoms with E-state index in [1.165, 1.54) is 11.8 Å². The molecule has 0 aliphatic carbocycles. The molecule has 0 aliphatic heterocycles. The van der Waals surface area contributed by atoms with Crippen LogP contribution in [0.2, 0.25) is 0 Å². The average Bonchev–Trinajstić information content (AvgIpc) is 2.97. The van der Waals surface area contributed by atoms with Crippen LogP contribution in [0, 0.1) is 5.92 Å². The van der Waals surface area contributed by atoms with Crippen LogP contribution in [-0.4, -0.2) is 17.4 Å². The predicted molar refractivity (Wildman–Crippen MR) is 85.4 cm³/mol. The van der Waals surface area contributed by atoms with Gasteiger partial charge in [0, 0.05) is 6.54 Å². The summed E-state index contributed by atoms with van der Waals surface area (Å²) in [5.41, 5.74) is 7.46. The van der Waals surface area contributed by atoms with Crippen LogP contribution < -0.4 is 11.1 Å². The monoisotopic (exact) mass is 301 g/mol. The fraction of sp³-hybridized carbons (Fsp3) is 0.412. The summed E-state index contributed by atoms with van der Waals surface area (Å²) < 4.78 is 5.32. The number of nitrogens with one attached hydrogen (secondary N) is 1. The van der Waals surface area contributed by atoms with Gasteiger partial charge in [-0.2, -0.15) is 0 Å². The largest absolute Gasteiger partial charge is 0.446 e. The molecule has 0 bridgehead atoms. The minimum atomic E-state index is -0.272.